The molecule has 4 rings (SSSR count). The highest BCUT2D eigenvalue weighted by Crippen LogP contribution is 2.39. The van der Waals surface area contributed by atoms with E-state index in [-0.39, 0.29) is 11.3 Å². The quantitative estimate of drug-likeness (QED) is 0.912. The van der Waals surface area contributed by atoms with Crippen molar-refractivity contribution in [2.45, 2.75) is 51.5 Å². The summed E-state index contributed by atoms with van der Waals surface area (Å²) in [6.45, 7) is 9.64. The first-order valence-electron chi connectivity index (χ1n) is 9.73. The Morgan fingerprint density at radius 1 is 1.36 bits per heavy atom. The van der Waals surface area contributed by atoms with Gasteiger partial charge in [-0.1, -0.05) is 0 Å². The van der Waals surface area contributed by atoms with Crippen LogP contribution in [-0.2, 0) is 4.74 Å². The Labute approximate surface area is 149 Å². The lowest BCUT2D eigenvalue weighted by Crippen LogP contribution is -2.53. The first-order valence-corrected chi connectivity index (χ1v) is 9.73. The summed E-state index contributed by atoms with van der Waals surface area (Å²) in [7, 11) is 0. The van der Waals surface area contributed by atoms with E-state index < -0.39 is 0 Å². The largest absolute Gasteiger partial charge is 0.379 e. The van der Waals surface area contributed by atoms with Crippen LogP contribution in [0.4, 0.5) is 0 Å². The van der Waals surface area contributed by atoms with Crippen LogP contribution in [0, 0.1) is 5.41 Å². The van der Waals surface area contributed by atoms with Gasteiger partial charge in [-0.15, -0.1) is 0 Å². The molecule has 138 valence electrons. The summed E-state index contributed by atoms with van der Waals surface area (Å²) in [6, 6.07) is 2.47. The molecule has 3 fully saturated rings. The topological polar surface area (TPSA) is 61.5 Å². The lowest BCUT2D eigenvalue weighted by atomic mass is 9.79. The van der Waals surface area contributed by atoms with Crippen molar-refractivity contribution in [3.63, 3.8) is 0 Å². The van der Waals surface area contributed by atoms with Crippen molar-refractivity contribution in [1.29, 1.82) is 0 Å². The van der Waals surface area contributed by atoms with E-state index in [4.69, 9.17) is 4.74 Å². The maximum absolute atomic E-state index is 13.0. The van der Waals surface area contributed by atoms with E-state index >= 15 is 0 Å². The van der Waals surface area contributed by atoms with Crippen LogP contribution in [0.3, 0.4) is 0 Å². The molecule has 1 amide bonds. The molecule has 2 saturated heterocycles. The highest BCUT2D eigenvalue weighted by atomic mass is 16.5. The van der Waals surface area contributed by atoms with Gasteiger partial charge in [0.1, 0.15) is 5.69 Å². The van der Waals surface area contributed by atoms with Crippen molar-refractivity contribution < 1.29 is 9.53 Å². The van der Waals surface area contributed by atoms with Crippen LogP contribution in [-0.4, -0.2) is 71.3 Å². The van der Waals surface area contributed by atoms with E-state index in [2.05, 4.69) is 28.9 Å². The van der Waals surface area contributed by atoms with Gasteiger partial charge in [0.15, 0.2) is 0 Å². The maximum Gasteiger partial charge on any atom is 0.274 e. The Hall–Kier alpha value is -1.40. The van der Waals surface area contributed by atoms with Crippen LogP contribution in [0.1, 0.15) is 61.6 Å². The average Bonchev–Trinajstić information content (AvgIpc) is 3.37. The van der Waals surface area contributed by atoms with Crippen molar-refractivity contribution in [2.75, 3.05) is 39.4 Å². The van der Waals surface area contributed by atoms with Gasteiger partial charge < -0.3 is 9.64 Å². The monoisotopic (exact) mass is 346 g/mol. The Balaban J connectivity index is 1.48. The third kappa shape index (κ3) is 3.60. The number of hydrogen-bond donors (Lipinski definition) is 1. The van der Waals surface area contributed by atoms with E-state index in [0.29, 0.717) is 17.7 Å². The van der Waals surface area contributed by atoms with E-state index in [9.17, 15) is 4.79 Å². The summed E-state index contributed by atoms with van der Waals surface area (Å²) in [5.74, 6) is 0.666. The first-order chi connectivity index (χ1) is 12.1. The second-order valence-corrected chi connectivity index (χ2v) is 8.43. The molecule has 1 N–H and O–H groups in total. The van der Waals surface area contributed by atoms with Gasteiger partial charge in [-0.2, -0.15) is 5.10 Å². The number of carbonyl (C=O) groups excluding carboxylic acids is 1. The van der Waals surface area contributed by atoms with Gasteiger partial charge in [0.25, 0.3) is 5.91 Å². The Morgan fingerprint density at radius 2 is 2.20 bits per heavy atom. The zero-order valence-electron chi connectivity index (χ0n) is 15.5. The summed E-state index contributed by atoms with van der Waals surface area (Å²) in [4.78, 5) is 17.5. The predicted octanol–water partition coefficient (Wildman–Crippen LogP) is 2.25. The number of nitrogens with one attached hydrogen (secondary N) is 1. The zero-order valence-corrected chi connectivity index (χ0v) is 15.5. The number of rotatable bonds is 3. The van der Waals surface area contributed by atoms with Gasteiger partial charge in [0.2, 0.25) is 0 Å². The number of amides is 1. The molecule has 6 nitrogen and oxygen atoms in total. The summed E-state index contributed by atoms with van der Waals surface area (Å²) < 4.78 is 5.94. The fourth-order valence-corrected chi connectivity index (χ4v) is 4.31. The van der Waals surface area contributed by atoms with Gasteiger partial charge in [0, 0.05) is 49.2 Å². The molecule has 6 heteroatoms. The number of hydrogen-bond acceptors (Lipinski definition) is 4. The number of aromatic amines is 1. The predicted molar refractivity (Wildman–Crippen MR) is 95.7 cm³/mol. The fraction of sp³-hybridized carbons (Fsp3) is 0.789. The van der Waals surface area contributed by atoms with Gasteiger partial charge in [-0.05, 0) is 45.6 Å². The smallest absolute Gasteiger partial charge is 0.274 e. The maximum atomic E-state index is 13.0. The minimum atomic E-state index is 0.0598. The molecule has 3 aliphatic rings. The Morgan fingerprint density at radius 3 is 2.96 bits per heavy atom. The number of H-pyrrole nitrogens is 1. The van der Waals surface area contributed by atoms with E-state index in [0.717, 1.165) is 57.9 Å². The third-order valence-electron chi connectivity index (χ3n) is 5.98. The average molecular weight is 346 g/mol. The number of likely N-dealkylation sites (tertiary alicyclic amines) is 1. The number of piperidine rings is 1. The number of nitrogens with zero attached hydrogens (tertiary/aromatic N) is 3. The highest BCUT2D eigenvalue weighted by Gasteiger charge is 2.41. The molecule has 1 aliphatic carbocycles. The minimum absolute atomic E-state index is 0.0598. The van der Waals surface area contributed by atoms with E-state index in [1.54, 1.807) is 0 Å². The van der Waals surface area contributed by atoms with Gasteiger partial charge in [-0.3, -0.25) is 14.8 Å². The van der Waals surface area contributed by atoms with Crippen molar-refractivity contribution in [2.24, 2.45) is 5.41 Å². The van der Waals surface area contributed by atoms with Gasteiger partial charge >= 0.3 is 0 Å². The molecule has 0 aromatic carbocycles. The molecule has 0 bridgehead atoms. The SMILES string of the molecule is CC(C)N1CCOCC2(CCCN(C(=O)c3cc(C4CC4)[nH]n3)C2)C1. The van der Waals surface area contributed by atoms with Crippen molar-refractivity contribution in [3.05, 3.63) is 17.5 Å². The lowest BCUT2D eigenvalue weighted by molar-refractivity contribution is 0.00550. The summed E-state index contributed by atoms with van der Waals surface area (Å²) in [5.41, 5.74) is 1.76. The second-order valence-electron chi connectivity index (χ2n) is 8.43. The van der Waals surface area contributed by atoms with Crippen LogP contribution in [0.5, 0.6) is 0 Å². The van der Waals surface area contributed by atoms with Crippen molar-refractivity contribution in [3.8, 4) is 0 Å². The molecular formula is C19H30N4O2. The van der Waals surface area contributed by atoms with Crippen LogP contribution in [0.2, 0.25) is 0 Å². The summed E-state index contributed by atoms with van der Waals surface area (Å²) in [6.07, 6.45) is 4.60. The normalized spacial score (nSPS) is 28.5. The molecule has 2 aliphatic heterocycles. The molecule has 25 heavy (non-hydrogen) atoms. The number of aromatic nitrogens is 2. The van der Waals surface area contributed by atoms with Crippen LogP contribution >= 0.6 is 0 Å². The fourth-order valence-electron chi connectivity index (χ4n) is 4.31. The van der Waals surface area contributed by atoms with Gasteiger partial charge in [0.05, 0.1) is 13.2 Å². The van der Waals surface area contributed by atoms with E-state index in [1.807, 2.05) is 11.0 Å². The Kier molecular flexibility index (Phi) is 4.58. The van der Waals surface area contributed by atoms with Gasteiger partial charge in [-0.25, -0.2) is 0 Å². The van der Waals surface area contributed by atoms with Crippen LogP contribution < -0.4 is 0 Å². The summed E-state index contributed by atoms with van der Waals surface area (Å²) >= 11 is 0. The van der Waals surface area contributed by atoms with Crippen molar-refractivity contribution >= 4 is 5.91 Å². The second kappa shape index (κ2) is 6.72. The van der Waals surface area contributed by atoms with Crippen LogP contribution in [0.15, 0.2) is 6.07 Å². The molecule has 1 aromatic rings. The molecule has 3 heterocycles. The molecule has 1 spiro atoms. The van der Waals surface area contributed by atoms with E-state index in [1.165, 1.54) is 12.8 Å². The molecule has 1 aromatic heterocycles. The molecule has 1 atom stereocenters. The summed E-state index contributed by atoms with van der Waals surface area (Å²) in [5, 5.41) is 7.35. The third-order valence-corrected chi connectivity index (χ3v) is 5.98. The first kappa shape index (κ1) is 17.0. The highest BCUT2D eigenvalue weighted by molar-refractivity contribution is 5.92. The number of carbonyl (C=O) groups is 1. The molecule has 0 radical (unpaired) electrons. The van der Waals surface area contributed by atoms with Crippen molar-refractivity contribution in [1.82, 2.24) is 20.0 Å². The standard InChI is InChI=1S/C19H30N4O2/c1-14(2)22-8-9-25-13-19(11-22)6-3-7-23(12-19)18(24)17-10-16(20-21-17)15-4-5-15/h10,14-15H,3-9,11-13H2,1-2H3,(H,20,21). The lowest BCUT2D eigenvalue weighted by Gasteiger charge is -2.44. The molecule has 1 saturated carbocycles. The Bertz CT molecular complexity index is 625. The zero-order chi connectivity index (χ0) is 17.4. The minimum Gasteiger partial charge on any atom is -0.379 e. The number of ether oxygens (including phenoxy) is 1. The molecule has 1 unspecified atom stereocenters. The van der Waals surface area contributed by atoms with Crippen LogP contribution in [0.25, 0.3) is 0 Å². The molecular weight excluding hydrogens is 316 g/mol.